The lowest BCUT2D eigenvalue weighted by Gasteiger charge is -2.32. The number of ether oxygens (including phenoxy) is 1. The fourth-order valence-corrected chi connectivity index (χ4v) is 6.89. The zero-order valence-electron chi connectivity index (χ0n) is 26.6. The first-order chi connectivity index (χ1) is 21.8. The van der Waals surface area contributed by atoms with Crippen molar-refractivity contribution in [1.82, 2.24) is 15.3 Å². The second kappa shape index (κ2) is 10.5. The van der Waals surface area contributed by atoms with Crippen molar-refractivity contribution >= 4 is 17.4 Å². The molecule has 11 heteroatoms. The Hall–Kier alpha value is -4.51. The van der Waals surface area contributed by atoms with E-state index in [4.69, 9.17) is 18.6 Å². The number of ketones is 1. The largest absolute Gasteiger partial charge is 0.469 e. The van der Waals surface area contributed by atoms with Gasteiger partial charge in [-0.05, 0) is 54.5 Å². The minimum atomic E-state index is -1.21. The third kappa shape index (κ3) is 4.62. The molecule has 240 valence electrons. The van der Waals surface area contributed by atoms with Crippen LogP contribution in [0.4, 0.5) is 10.1 Å². The summed E-state index contributed by atoms with van der Waals surface area (Å²) in [7, 11) is 0. The van der Waals surface area contributed by atoms with Crippen LogP contribution >= 0.6 is 0 Å². The number of carbonyl (C=O) groups excluding carboxylic acids is 2. The Bertz CT molecular complexity index is 1870. The molecule has 3 aliphatic heterocycles. The first-order valence-corrected chi connectivity index (χ1v) is 15.6. The van der Waals surface area contributed by atoms with Crippen LogP contribution in [-0.4, -0.2) is 39.1 Å². The van der Waals surface area contributed by atoms with Crippen LogP contribution in [0.5, 0.6) is 5.75 Å². The molecule has 4 aromatic rings. The van der Waals surface area contributed by atoms with Crippen molar-refractivity contribution in [2.24, 2.45) is 17.3 Å². The molecular weight excluding hydrogens is 591 g/mol. The zero-order valence-corrected chi connectivity index (χ0v) is 26.6. The minimum absolute atomic E-state index is 0.156. The molecule has 4 bridgehead atoms. The van der Waals surface area contributed by atoms with E-state index in [2.05, 4.69) is 15.6 Å². The molecule has 46 heavy (non-hydrogen) atoms. The summed E-state index contributed by atoms with van der Waals surface area (Å²) in [6.45, 7) is 11.2. The number of amides is 1. The first-order valence-electron chi connectivity index (χ1n) is 15.6. The van der Waals surface area contributed by atoms with E-state index in [1.54, 1.807) is 26.8 Å². The predicted molar refractivity (Wildman–Crippen MR) is 166 cm³/mol. The number of rotatable bonds is 5. The highest BCUT2D eigenvalue weighted by Gasteiger charge is 2.61. The van der Waals surface area contributed by atoms with Crippen LogP contribution in [0, 0.1) is 30.0 Å². The predicted octanol–water partition coefficient (Wildman–Crippen LogP) is 5.61. The molecule has 0 aliphatic carbocycles. The van der Waals surface area contributed by atoms with Gasteiger partial charge >= 0.3 is 0 Å². The molecule has 0 saturated heterocycles. The topological polar surface area (TPSA) is 140 Å². The second-order valence-electron chi connectivity index (χ2n) is 14.1. The number of nitrogens with one attached hydrogen (secondary N) is 2. The van der Waals surface area contributed by atoms with Gasteiger partial charge in [0, 0.05) is 29.2 Å². The number of aliphatic hydroxyl groups is 1. The van der Waals surface area contributed by atoms with Crippen molar-refractivity contribution in [2.75, 3.05) is 5.32 Å². The Kier molecular flexibility index (Phi) is 6.89. The fourth-order valence-electron chi connectivity index (χ4n) is 6.89. The second-order valence-corrected chi connectivity index (χ2v) is 14.1. The van der Waals surface area contributed by atoms with E-state index < -0.39 is 46.7 Å². The zero-order chi connectivity index (χ0) is 32.7. The maximum atomic E-state index is 15.1. The number of hydrogen-bond acceptors (Lipinski definition) is 9. The molecule has 1 spiro atoms. The van der Waals surface area contributed by atoms with Crippen molar-refractivity contribution in [3.05, 3.63) is 82.5 Å². The molecule has 5 atom stereocenters. The summed E-state index contributed by atoms with van der Waals surface area (Å²) in [4.78, 5) is 36.8. The van der Waals surface area contributed by atoms with Gasteiger partial charge in [0.25, 0.3) is 0 Å². The van der Waals surface area contributed by atoms with Gasteiger partial charge in [-0.2, -0.15) is 0 Å². The highest BCUT2D eigenvalue weighted by Crippen LogP contribution is 2.59. The number of anilines is 1. The number of hydrogen-bond donors (Lipinski definition) is 3. The molecule has 0 unspecified atom stereocenters. The first kappa shape index (κ1) is 30.2. The van der Waals surface area contributed by atoms with Crippen LogP contribution in [0.3, 0.4) is 0 Å². The Morgan fingerprint density at radius 1 is 1.13 bits per heavy atom. The molecule has 0 fully saturated rings. The summed E-state index contributed by atoms with van der Waals surface area (Å²) in [5, 5.41) is 17.1. The lowest BCUT2D eigenvalue weighted by Crippen LogP contribution is -2.42. The van der Waals surface area contributed by atoms with E-state index in [1.807, 2.05) is 39.0 Å². The number of fused-ring (bicyclic) bond motifs is 4. The number of aliphatic hydroxyl groups excluding tert-OH is 1. The molecule has 3 N–H and O–H groups in total. The summed E-state index contributed by atoms with van der Waals surface area (Å²) in [6.07, 6.45) is -0.340. The third-order valence-corrected chi connectivity index (χ3v) is 9.28. The fraction of sp³-hybridized carbons (Fsp3) is 0.429. The summed E-state index contributed by atoms with van der Waals surface area (Å²) >= 11 is 0. The number of aromatic nitrogens is 2. The molecule has 10 nitrogen and oxygen atoms in total. The number of Topliss-reactive ketones (excluding diaryl/α,β-unsaturated/α-hetero) is 1. The summed E-state index contributed by atoms with van der Waals surface area (Å²) < 4.78 is 34.3. The van der Waals surface area contributed by atoms with Gasteiger partial charge < -0.3 is 29.3 Å². The van der Waals surface area contributed by atoms with Crippen molar-refractivity contribution < 1.29 is 32.7 Å². The molecular formula is C35H37FN4O6. The SMILES string of the molecule is Cc1coc(-c2nc3oc2[C@@]24c5cc(F)ccc5N[C@@H]2Oc2ccc(cc24)C[C@H](CC(=O)[C@@H](O)C(C)C)C(=O)N[C@H]3C(C)(C)C)n1. The standard InChI is InChI=1S/C35H37FN4O6/c1-16(2)27(42)24(41)13-19-11-18-7-10-25-22(12-18)35(21-14-20(36)8-9-23(21)38-33(35)45-25)29-26(31-37-17(3)15-44-31)39-32(46-29)28(34(4,5)6)40-30(19)43/h7-10,12,14-16,19,27-28,33,38,42H,11,13H2,1-6H3,(H,40,43)/t19-,27+,28-,33-,35+/m1/s1. The van der Waals surface area contributed by atoms with E-state index in [0.717, 1.165) is 5.56 Å². The Morgan fingerprint density at radius 3 is 2.61 bits per heavy atom. The van der Waals surface area contributed by atoms with E-state index in [0.29, 0.717) is 39.7 Å². The van der Waals surface area contributed by atoms with Crippen LogP contribution in [-0.2, 0) is 21.4 Å². The van der Waals surface area contributed by atoms with Crippen LogP contribution in [0.25, 0.3) is 11.6 Å². The van der Waals surface area contributed by atoms with E-state index >= 15 is 4.39 Å². The quantitative estimate of drug-likeness (QED) is 0.257. The molecule has 2 aromatic heterocycles. The van der Waals surface area contributed by atoms with Gasteiger partial charge in [0.2, 0.25) is 17.7 Å². The molecule has 0 saturated carbocycles. The van der Waals surface area contributed by atoms with Gasteiger partial charge in [0.1, 0.15) is 35.4 Å². The molecule has 2 aromatic carbocycles. The maximum Gasteiger partial charge on any atom is 0.249 e. The number of aryl methyl sites for hydroxylation is 1. The Balaban J connectivity index is 1.51. The van der Waals surface area contributed by atoms with Gasteiger partial charge in [-0.3, -0.25) is 9.59 Å². The number of halogens is 1. The van der Waals surface area contributed by atoms with Crippen LogP contribution < -0.4 is 15.4 Å². The number of nitrogens with zero attached hydrogens (tertiary/aromatic N) is 2. The normalized spacial score (nSPS) is 23.8. The van der Waals surface area contributed by atoms with Crippen molar-refractivity contribution in [2.45, 2.75) is 78.2 Å². The Morgan fingerprint density at radius 2 is 1.91 bits per heavy atom. The van der Waals surface area contributed by atoms with Gasteiger partial charge in [-0.15, -0.1) is 0 Å². The molecule has 7 rings (SSSR count). The van der Waals surface area contributed by atoms with Crippen LogP contribution in [0.1, 0.15) is 81.1 Å². The highest BCUT2D eigenvalue weighted by molar-refractivity contribution is 5.89. The lowest BCUT2D eigenvalue weighted by molar-refractivity contribution is -0.135. The summed E-state index contributed by atoms with van der Waals surface area (Å²) in [5.74, 6) is -0.969. The maximum absolute atomic E-state index is 15.1. The van der Waals surface area contributed by atoms with E-state index in [-0.39, 0.29) is 36.4 Å². The van der Waals surface area contributed by atoms with E-state index in [9.17, 15) is 14.7 Å². The van der Waals surface area contributed by atoms with E-state index in [1.165, 1.54) is 18.4 Å². The minimum Gasteiger partial charge on any atom is -0.469 e. The van der Waals surface area contributed by atoms with Crippen molar-refractivity contribution in [3.8, 4) is 17.3 Å². The number of oxazole rings is 2. The monoisotopic (exact) mass is 628 g/mol. The smallest absolute Gasteiger partial charge is 0.249 e. The molecule has 1 amide bonds. The average molecular weight is 629 g/mol. The summed E-state index contributed by atoms with van der Waals surface area (Å²) in [5.41, 5.74) is 1.86. The highest BCUT2D eigenvalue weighted by atomic mass is 19.1. The molecule has 0 radical (unpaired) electrons. The number of benzene rings is 2. The van der Waals surface area contributed by atoms with Crippen LogP contribution in [0.15, 0.2) is 51.5 Å². The van der Waals surface area contributed by atoms with Gasteiger partial charge in [0.05, 0.1) is 5.69 Å². The average Bonchev–Trinajstić information content (AvgIpc) is 3.75. The van der Waals surface area contributed by atoms with Crippen LogP contribution in [0.2, 0.25) is 0 Å². The number of carbonyl (C=O) groups is 2. The Labute approximate surface area is 265 Å². The van der Waals surface area contributed by atoms with Crippen molar-refractivity contribution in [3.63, 3.8) is 0 Å². The van der Waals surface area contributed by atoms with Gasteiger partial charge in [-0.1, -0.05) is 46.8 Å². The molecule has 3 aliphatic rings. The van der Waals surface area contributed by atoms with Gasteiger partial charge in [0.15, 0.2) is 23.5 Å². The summed E-state index contributed by atoms with van der Waals surface area (Å²) in [6, 6.07) is 9.40. The third-order valence-electron chi connectivity index (χ3n) is 9.28. The lowest BCUT2D eigenvalue weighted by atomic mass is 9.72. The molecule has 5 heterocycles. The van der Waals surface area contributed by atoms with Crippen molar-refractivity contribution in [1.29, 1.82) is 0 Å². The van der Waals surface area contributed by atoms with Gasteiger partial charge in [-0.25, -0.2) is 14.4 Å².